The molecule has 0 radical (unpaired) electrons. The molecule has 2 heterocycles. The number of para-hydroxylation sites is 2. The van der Waals surface area contributed by atoms with Crippen LogP contribution in [0.3, 0.4) is 0 Å². The lowest BCUT2D eigenvalue weighted by Crippen LogP contribution is -2.38. The van der Waals surface area contributed by atoms with Crippen molar-refractivity contribution in [3.63, 3.8) is 0 Å². The molecule has 1 aliphatic heterocycles. The zero-order chi connectivity index (χ0) is 19.6. The fraction of sp³-hybridized carbons (Fsp3) is 0.619. The van der Waals surface area contributed by atoms with Crippen LogP contribution in [0, 0.1) is 12.8 Å². The third kappa shape index (κ3) is 5.94. The molecule has 1 fully saturated rings. The number of aromatic nitrogens is 2. The predicted octanol–water partition coefficient (Wildman–Crippen LogP) is 2.34. The van der Waals surface area contributed by atoms with Gasteiger partial charge in [0.05, 0.1) is 24.2 Å². The van der Waals surface area contributed by atoms with Crippen molar-refractivity contribution < 1.29 is 9.47 Å². The number of nitrogens with zero attached hydrogens (tertiary/aromatic N) is 3. The number of nitrogens with one attached hydrogen (secondary N) is 2. The van der Waals surface area contributed by atoms with Crippen molar-refractivity contribution >= 4 is 17.0 Å². The Bertz CT molecular complexity index is 752. The number of fused-ring (bicyclic) bond motifs is 1. The number of rotatable bonds is 10. The number of aryl methyl sites for hydroxylation is 2. The summed E-state index contributed by atoms with van der Waals surface area (Å²) in [6.07, 6.45) is 3.10. The number of benzene rings is 1. The minimum absolute atomic E-state index is 0.582. The van der Waals surface area contributed by atoms with Crippen molar-refractivity contribution in [2.75, 3.05) is 46.6 Å². The third-order valence-electron chi connectivity index (χ3n) is 5.06. The van der Waals surface area contributed by atoms with Crippen LogP contribution in [0.1, 0.15) is 25.1 Å². The molecule has 1 aromatic carbocycles. The van der Waals surface area contributed by atoms with Crippen LogP contribution in [-0.2, 0) is 16.0 Å². The first-order chi connectivity index (χ1) is 13.8. The van der Waals surface area contributed by atoms with Crippen LogP contribution in [0.15, 0.2) is 29.3 Å². The van der Waals surface area contributed by atoms with E-state index in [0.29, 0.717) is 5.92 Å². The van der Waals surface area contributed by atoms with Gasteiger partial charge in [0.1, 0.15) is 5.82 Å². The molecular weight excluding hydrogens is 354 g/mol. The maximum atomic E-state index is 5.73. The van der Waals surface area contributed by atoms with E-state index in [1.165, 1.54) is 5.52 Å². The number of guanidine groups is 1. The van der Waals surface area contributed by atoms with E-state index in [2.05, 4.69) is 50.3 Å². The van der Waals surface area contributed by atoms with Gasteiger partial charge in [0.15, 0.2) is 5.96 Å². The summed E-state index contributed by atoms with van der Waals surface area (Å²) in [7, 11) is 1.81. The summed E-state index contributed by atoms with van der Waals surface area (Å²) >= 11 is 0. The van der Waals surface area contributed by atoms with Crippen molar-refractivity contribution in [2.45, 2.75) is 32.7 Å². The van der Waals surface area contributed by atoms with E-state index in [4.69, 9.17) is 9.47 Å². The van der Waals surface area contributed by atoms with Crippen molar-refractivity contribution in [1.29, 1.82) is 0 Å². The fourth-order valence-corrected chi connectivity index (χ4v) is 3.49. The second-order valence-electron chi connectivity index (χ2n) is 7.24. The van der Waals surface area contributed by atoms with Crippen LogP contribution in [0.5, 0.6) is 0 Å². The fourth-order valence-electron chi connectivity index (χ4n) is 3.49. The summed E-state index contributed by atoms with van der Waals surface area (Å²) in [6.45, 7) is 8.04. The minimum Gasteiger partial charge on any atom is -0.381 e. The molecule has 0 aliphatic carbocycles. The Kier molecular flexibility index (Phi) is 8.11. The van der Waals surface area contributed by atoms with Gasteiger partial charge in [-0.2, -0.15) is 0 Å². The maximum Gasteiger partial charge on any atom is 0.190 e. The quantitative estimate of drug-likeness (QED) is 0.372. The zero-order valence-electron chi connectivity index (χ0n) is 17.1. The molecule has 7 nitrogen and oxygen atoms in total. The first-order valence-electron chi connectivity index (χ1n) is 10.3. The molecule has 154 valence electrons. The van der Waals surface area contributed by atoms with Crippen molar-refractivity contribution in [3.8, 4) is 0 Å². The summed E-state index contributed by atoms with van der Waals surface area (Å²) in [5.41, 5.74) is 2.26. The van der Waals surface area contributed by atoms with Crippen molar-refractivity contribution in [3.05, 3.63) is 30.1 Å². The van der Waals surface area contributed by atoms with Gasteiger partial charge in [-0.15, -0.1) is 0 Å². The number of hydrogen-bond acceptors (Lipinski definition) is 4. The first-order valence-corrected chi connectivity index (χ1v) is 10.3. The standard InChI is InChI=1S/C21H33N5O2/c1-17-25-19-7-3-4-8-20(19)26(17)12-5-10-23-21(22-2)24-11-6-13-27-15-18-9-14-28-16-18/h3-4,7-8,18H,5-6,9-16H2,1-2H3,(H2,22,23,24). The highest BCUT2D eigenvalue weighted by Gasteiger charge is 2.15. The summed E-state index contributed by atoms with van der Waals surface area (Å²) in [4.78, 5) is 8.91. The second kappa shape index (κ2) is 11.0. The van der Waals surface area contributed by atoms with Gasteiger partial charge in [-0.05, 0) is 38.3 Å². The topological polar surface area (TPSA) is 72.7 Å². The molecule has 0 spiro atoms. The molecule has 1 aliphatic rings. The molecule has 3 rings (SSSR count). The predicted molar refractivity (Wildman–Crippen MR) is 113 cm³/mol. The highest BCUT2D eigenvalue weighted by Crippen LogP contribution is 2.15. The van der Waals surface area contributed by atoms with Gasteiger partial charge in [-0.25, -0.2) is 4.98 Å². The van der Waals surface area contributed by atoms with E-state index in [0.717, 1.165) is 82.6 Å². The number of imidazole rings is 1. The maximum absolute atomic E-state index is 5.73. The van der Waals surface area contributed by atoms with E-state index in [-0.39, 0.29) is 0 Å². The SMILES string of the molecule is CN=C(NCCCOCC1CCOC1)NCCCn1c(C)nc2ccccc21. The summed E-state index contributed by atoms with van der Waals surface area (Å²) in [6, 6.07) is 8.29. The van der Waals surface area contributed by atoms with E-state index >= 15 is 0 Å². The normalized spacial score (nSPS) is 17.4. The summed E-state index contributed by atoms with van der Waals surface area (Å²) < 4.78 is 13.4. The monoisotopic (exact) mass is 387 g/mol. The third-order valence-corrected chi connectivity index (χ3v) is 5.06. The molecule has 1 atom stereocenters. The van der Waals surface area contributed by atoms with Gasteiger partial charge < -0.3 is 24.7 Å². The van der Waals surface area contributed by atoms with Crippen LogP contribution < -0.4 is 10.6 Å². The molecule has 0 amide bonds. The molecule has 28 heavy (non-hydrogen) atoms. The molecule has 1 saturated heterocycles. The largest absolute Gasteiger partial charge is 0.381 e. The molecule has 1 aromatic heterocycles. The van der Waals surface area contributed by atoms with Crippen LogP contribution in [0.25, 0.3) is 11.0 Å². The molecule has 7 heteroatoms. The lowest BCUT2D eigenvalue weighted by Gasteiger charge is -2.13. The highest BCUT2D eigenvalue weighted by atomic mass is 16.5. The van der Waals surface area contributed by atoms with E-state index in [1.54, 1.807) is 7.05 Å². The summed E-state index contributed by atoms with van der Waals surface area (Å²) in [5, 5.41) is 6.73. The van der Waals surface area contributed by atoms with Crippen LogP contribution >= 0.6 is 0 Å². The molecule has 0 saturated carbocycles. The Balaban J connectivity index is 1.28. The smallest absolute Gasteiger partial charge is 0.190 e. The number of ether oxygens (including phenoxy) is 2. The van der Waals surface area contributed by atoms with Crippen LogP contribution in [0.2, 0.25) is 0 Å². The molecule has 2 aromatic rings. The number of hydrogen-bond donors (Lipinski definition) is 2. The van der Waals surface area contributed by atoms with Crippen LogP contribution in [-0.4, -0.2) is 62.1 Å². The Morgan fingerprint density at radius 3 is 2.89 bits per heavy atom. The molecular formula is C21H33N5O2. The zero-order valence-corrected chi connectivity index (χ0v) is 17.1. The number of aliphatic imine (C=N–C) groups is 1. The first kappa shape index (κ1) is 20.6. The minimum atomic E-state index is 0.582. The lowest BCUT2D eigenvalue weighted by atomic mass is 10.1. The second-order valence-corrected chi connectivity index (χ2v) is 7.24. The van der Waals surface area contributed by atoms with Crippen molar-refractivity contribution in [2.24, 2.45) is 10.9 Å². The van der Waals surface area contributed by atoms with Gasteiger partial charge >= 0.3 is 0 Å². The van der Waals surface area contributed by atoms with Gasteiger partial charge in [-0.3, -0.25) is 4.99 Å². The van der Waals surface area contributed by atoms with Gasteiger partial charge in [0, 0.05) is 45.8 Å². The lowest BCUT2D eigenvalue weighted by molar-refractivity contribution is 0.0888. The average Bonchev–Trinajstić information content (AvgIpc) is 3.33. The molecule has 1 unspecified atom stereocenters. The Labute approximate surface area is 167 Å². The van der Waals surface area contributed by atoms with Gasteiger partial charge in [-0.1, -0.05) is 12.1 Å². The van der Waals surface area contributed by atoms with Gasteiger partial charge in [0.25, 0.3) is 0 Å². The molecule has 0 bridgehead atoms. The van der Waals surface area contributed by atoms with E-state index < -0.39 is 0 Å². The Morgan fingerprint density at radius 1 is 1.29 bits per heavy atom. The highest BCUT2D eigenvalue weighted by molar-refractivity contribution is 5.79. The Hall–Kier alpha value is -2.12. The van der Waals surface area contributed by atoms with E-state index in [1.807, 2.05) is 6.07 Å². The van der Waals surface area contributed by atoms with E-state index in [9.17, 15) is 0 Å². The average molecular weight is 388 g/mol. The summed E-state index contributed by atoms with van der Waals surface area (Å²) in [5.74, 6) is 2.49. The Morgan fingerprint density at radius 2 is 2.11 bits per heavy atom. The van der Waals surface area contributed by atoms with Crippen LogP contribution in [0.4, 0.5) is 0 Å². The van der Waals surface area contributed by atoms with Gasteiger partial charge in [0.2, 0.25) is 0 Å². The molecule has 2 N–H and O–H groups in total. The van der Waals surface area contributed by atoms with Crippen molar-refractivity contribution in [1.82, 2.24) is 20.2 Å².